The van der Waals surface area contributed by atoms with Crippen LogP contribution in [0.2, 0.25) is 0 Å². The third-order valence-corrected chi connectivity index (χ3v) is 4.81. The minimum Gasteiger partial charge on any atom is -0.508 e. The highest BCUT2D eigenvalue weighted by Crippen LogP contribution is 2.28. The number of phenols is 2. The molecule has 0 fully saturated rings. The molecule has 2 aromatic heterocycles. The second kappa shape index (κ2) is 15.9. The summed E-state index contributed by atoms with van der Waals surface area (Å²) in [4.78, 5) is 22.6. The van der Waals surface area contributed by atoms with Gasteiger partial charge in [0.25, 0.3) is 0 Å². The minimum atomic E-state index is -0.554. The van der Waals surface area contributed by atoms with E-state index in [1.807, 2.05) is 0 Å². The number of esters is 2. The quantitative estimate of drug-likeness (QED) is 0.206. The molecule has 2 N–H and O–H groups in total. The van der Waals surface area contributed by atoms with Crippen LogP contribution in [0.3, 0.4) is 0 Å². The first kappa shape index (κ1) is 32.7. The number of rotatable bonds is 6. The normalized spacial score (nSPS) is 9.78. The lowest BCUT2D eigenvalue weighted by atomic mass is 10.3. The molecular formula is C24H24BBr3N4O8. The van der Waals surface area contributed by atoms with Crippen molar-refractivity contribution in [2.75, 3.05) is 28.4 Å². The molecule has 0 saturated carbocycles. The van der Waals surface area contributed by atoms with Crippen molar-refractivity contribution in [3.63, 3.8) is 0 Å². The number of benzene rings is 2. The van der Waals surface area contributed by atoms with Gasteiger partial charge in [-0.05, 0) is 36.4 Å². The lowest BCUT2D eigenvalue weighted by molar-refractivity contribution is 0.0584. The van der Waals surface area contributed by atoms with Crippen LogP contribution in [0.1, 0.15) is 21.0 Å². The van der Waals surface area contributed by atoms with E-state index in [9.17, 15) is 14.7 Å². The van der Waals surface area contributed by atoms with Crippen molar-refractivity contribution in [1.29, 1.82) is 0 Å². The summed E-state index contributed by atoms with van der Waals surface area (Å²) in [7, 11) is 5.72. The number of ether oxygens (including phenoxy) is 4. The fourth-order valence-corrected chi connectivity index (χ4v) is 3.02. The topological polar surface area (TPSA) is 147 Å². The maximum absolute atomic E-state index is 11.4. The van der Waals surface area contributed by atoms with Crippen LogP contribution in [0, 0.1) is 0 Å². The van der Waals surface area contributed by atoms with Crippen molar-refractivity contribution < 1.29 is 38.7 Å². The minimum absolute atomic E-state index is 0.0494. The first-order valence-electron chi connectivity index (χ1n) is 11.0. The zero-order valence-corrected chi connectivity index (χ0v) is 26.4. The van der Waals surface area contributed by atoms with Gasteiger partial charge in [0.2, 0.25) is 0 Å². The number of phenolic OH excluding ortho intramolecular Hbond substituents is 2. The number of halogens is 3. The van der Waals surface area contributed by atoms with Crippen molar-refractivity contribution in [3.05, 3.63) is 72.3 Å². The average molecular weight is 747 g/mol. The number of carbonyl (C=O) groups excluding carboxylic acids is 2. The number of aromatic nitrogens is 4. The third kappa shape index (κ3) is 9.31. The summed E-state index contributed by atoms with van der Waals surface area (Å²) in [5.74, 6) is 0.0594. The highest BCUT2D eigenvalue weighted by Gasteiger charge is 2.14. The van der Waals surface area contributed by atoms with Crippen molar-refractivity contribution in [2.24, 2.45) is 0 Å². The second-order valence-corrected chi connectivity index (χ2v) is 13.7. The number of hydrogen-bond donors (Lipinski definition) is 2. The average Bonchev–Trinajstić information content (AvgIpc) is 3.62. The molecule has 4 aromatic rings. The van der Waals surface area contributed by atoms with Gasteiger partial charge in [0.15, 0.2) is 11.4 Å². The molecule has 0 aliphatic heterocycles. The molecule has 0 aliphatic carbocycles. The summed E-state index contributed by atoms with van der Waals surface area (Å²) in [5.41, 5.74) is 1.44. The fourth-order valence-electron chi connectivity index (χ4n) is 3.02. The van der Waals surface area contributed by atoms with E-state index in [1.54, 1.807) is 49.4 Å². The fraction of sp³-hybridized carbons (Fsp3) is 0.167. The number of carbonyl (C=O) groups is 2. The highest BCUT2D eigenvalue weighted by molar-refractivity contribution is 9.69. The van der Waals surface area contributed by atoms with Gasteiger partial charge >= 0.3 is 15.1 Å². The molecule has 12 nitrogen and oxygen atoms in total. The standard InChI is InChI=1S/C13H14N2O4.C11H10N2O4.BBr3/c1-17-9-4-5-11(12(8-9)18-2)15-7-6-10(14-15)13(16)19-3;1-17-11(16)8-4-5-13(12-8)9-3-2-7(14)6-10(9)15;2-1(3)4/h4-8H,1-3H3;2-6,14-15H,1H3;. The molecule has 212 valence electrons. The van der Waals surface area contributed by atoms with Crippen LogP contribution in [0.5, 0.6) is 23.0 Å². The van der Waals surface area contributed by atoms with E-state index in [0.717, 1.165) is 0 Å². The SMILES string of the molecule is BrB(Br)Br.COC(=O)c1ccn(-c2ccc(O)cc2O)n1.COC(=O)c1ccn(-c2ccc(OC)cc2OC)n1. The molecule has 2 heterocycles. The molecule has 40 heavy (non-hydrogen) atoms. The van der Waals surface area contributed by atoms with E-state index >= 15 is 0 Å². The summed E-state index contributed by atoms with van der Waals surface area (Å²) >= 11 is 9.31. The van der Waals surface area contributed by atoms with Gasteiger partial charge in [0.1, 0.15) is 34.4 Å². The number of aromatic hydroxyl groups is 2. The predicted octanol–water partition coefficient (Wildman–Crippen LogP) is 4.90. The van der Waals surface area contributed by atoms with Gasteiger partial charge in [-0.2, -0.15) is 10.2 Å². The monoisotopic (exact) mass is 744 g/mol. The van der Waals surface area contributed by atoms with Crippen molar-refractivity contribution in [3.8, 4) is 34.4 Å². The molecular weight excluding hydrogens is 723 g/mol. The Morgan fingerprint density at radius 2 is 1.25 bits per heavy atom. The summed E-state index contributed by atoms with van der Waals surface area (Å²) in [5, 5.41) is 26.8. The first-order chi connectivity index (χ1) is 19.0. The molecule has 2 aromatic carbocycles. The lowest BCUT2D eigenvalue weighted by Crippen LogP contribution is -2.05. The maximum Gasteiger partial charge on any atom is 0.369 e. The van der Waals surface area contributed by atoms with E-state index in [-0.39, 0.29) is 26.1 Å². The van der Waals surface area contributed by atoms with E-state index in [1.165, 1.54) is 49.4 Å². The number of nitrogens with zero attached hydrogens (tertiary/aromatic N) is 4. The van der Waals surface area contributed by atoms with Crippen molar-refractivity contribution in [2.45, 2.75) is 0 Å². The van der Waals surface area contributed by atoms with Gasteiger partial charge in [-0.25, -0.2) is 19.0 Å². The summed E-state index contributed by atoms with van der Waals surface area (Å²) < 4.78 is 22.7. The zero-order valence-electron chi connectivity index (χ0n) is 21.6. The molecule has 0 saturated heterocycles. The van der Waals surface area contributed by atoms with E-state index < -0.39 is 11.9 Å². The maximum atomic E-state index is 11.4. The Kier molecular flexibility index (Phi) is 13.0. The van der Waals surface area contributed by atoms with E-state index in [4.69, 9.17) is 14.6 Å². The van der Waals surface area contributed by atoms with Crippen LogP contribution < -0.4 is 9.47 Å². The van der Waals surface area contributed by atoms with Gasteiger partial charge in [0.05, 0.1) is 28.4 Å². The molecule has 16 heteroatoms. The Morgan fingerprint density at radius 3 is 1.70 bits per heavy atom. The summed E-state index contributed by atoms with van der Waals surface area (Å²) in [6.07, 6.45) is 3.18. The van der Waals surface area contributed by atoms with Crippen LogP contribution in [0.25, 0.3) is 11.4 Å². The largest absolute Gasteiger partial charge is 0.508 e. The smallest absolute Gasteiger partial charge is 0.369 e. The number of methoxy groups -OCH3 is 4. The summed E-state index contributed by atoms with van der Waals surface area (Å²) in [6, 6.07) is 12.5. The highest BCUT2D eigenvalue weighted by atomic mass is 79.9. The Bertz CT molecular complexity index is 1430. The van der Waals surface area contributed by atoms with Crippen LogP contribution in [-0.2, 0) is 9.47 Å². The van der Waals surface area contributed by atoms with Gasteiger partial charge in [-0.3, -0.25) is 0 Å². The van der Waals surface area contributed by atoms with Crippen LogP contribution in [0.15, 0.2) is 60.9 Å². The molecule has 0 aliphatic rings. The Morgan fingerprint density at radius 1 is 0.750 bits per heavy atom. The van der Waals surface area contributed by atoms with Gasteiger partial charge in [0, 0.05) is 24.5 Å². The Hall–Kier alpha value is -3.50. The van der Waals surface area contributed by atoms with E-state index in [0.29, 0.717) is 22.9 Å². The van der Waals surface area contributed by atoms with Crippen LogP contribution in [0.4, 0.5) is 0 Å². The van der Waals surface area contributed by atoms with Gasteiger partial charge < -0.3 is 29.2 Å². The number of hydrogen-bond acceptors (Lipinski definition) is 10. The lowest BCUT2D eigenvalue weighted by Gasteiger charge is -2.10. The predicted molar refractivity (Wildman–Crippen MR) is 159 cm³/mol. The molecule has 0 spiro atoms. The molecule has 4 rings (SSSR count). The third-order valence-electron chi connectivity index (χ3n) is 4.81. The zero-order chi connectivity index (χ0) is 29.8. The second-order valence-electron chi connectivity index (χ2n) is 7.23. The molecule has 0 amide bonds. The molecule has 0 radical (unpaired) electrons. The van der Waals surface area contributed by atoms with Crippen molar-refractivity contribution in [1.82, 2.24) is 19.6 Å². The van der Waals surface area contributed by atoms with Gasteiger partial charge in [-0.15, -0.1) is 47.3 Å². The molecule has 0 bridgehead atoms. The first-order valence-corrected chi connectivity index (χ1v) is 13.7. The Balaban J connectivity index is 0.000000249. The molecule has 0 atom stereocenters. The van der Waals surface area contributed by atoms with Crippen LogP contribution >= 0.6 is 47.3 Å². The Labute approximate surface area is 254 Å². The summed E-state index contributed by atoms with van der Waals surface area (Å²) in [6.45, 7) is 0. The van der Waals surface area contributed by atoms with E-state index in [2.05, 4.69) is 66.9 Å². The van der Waals surface area contributed by atoms with Crippen molar-refractivity contribution >= 4 is 62.4 Å². The van der Waals surface area contributed by atoms with Gasteiger partial charge in [-0.1, -0.05) is 0 Å². The molecule has 0 unspecified atom stereocenters. The van der Waals surface area contributed by atoms with Crippen LogP contribution in [-0.4, -0.2) is 73.3 Å².